The third kappa shape index (κ3) is 5.63. The number of aryl methyl sites for hydroxylation is 1. The number of unbranched alkanes of at least 4 members (excludes halogenated alkanes) is 1. The molecule has 0 aliphatic carbocycles. The molecule has 0 heterocycles. The van der Waals surface area contributed by atoms with Gasteiger partial charge in [-0.2, -0.15) is 0 Å². The summed E-state index contributed by atoms with van der Waals surface area (Å²) in [4.78, 5) is 0. The van der Waals surface area contributed by atoms with Crippen LogP contribution >= 0.6 is 27.5 Å². The summed E-state index contributed by atoms with van der Waals surface area (Å²) in [6, 6.07) is 11.5. The van der Waals surface area contributed by atoms with E-state index in [-0.39, 0.29) is 0 Å². The molecule has 2 aromatic rings. The fourth-order valence-corrected chi connectivity index (χ4v) is 2.78. The van der Waals surface area contributed by atoms with E-state index >= 15 is 0 Å². The molecule has 0 unspecified atom stereocenters. The number of rotatable bonds is 8. The van der Waals surface area contributed by atoms with E-state index in [9.17, 15) is 0 Å². The van der Waals surface area contributed by atoms with E-state index in [4.69, 9.17) is 25.8 Å². The van der Waals surface area contributed by atoms with Crippen LogP contribution in [0.2, 0.25) is 5.02 Å². The third-order valence-electron chi connectivity index (χ3n) is 3.27. The van der Waals surface area contributed by atoms with Gasteiger partial charge in [0.05, 0.1) is 25.3 Å². The molecule has 2 aromatic carbocycles. The fourth-order valence-electron chi connectivity index (χ4n) is 2.05. The minimum absolute atomic E-state index is 0.607. The van der Waals surface area contributed by atoms with Crippen molar-refractivity contribution in [3.8, 4) is 17.2 Å². The average molecular weight is 400 g/mol. The van der Waals surface area contributed by atoms with Gasteiger partial charge in [-0.3, -0.25) is 0 Å². The first kappa shape index (κ1) is 18.0. The Morgan fingerprint density at radius 2 is 1.57 bits per heavy atom. The van der Waals surface area contributed by atoms with Gasteiger partial charge in [0.15, 0.2) is 11.5 Å². The Morgan fingerprint density at radius 3 is 2.22 bits per heavy atom. The lowest BCUT2D eigenvalue weighted by atomic mass is 10.2. The normalized spacial score (nSPS) is 10.4. The maximum absolute atomic E-state index is 6.10. The second kappa shape index (κ2) is 9.04. The van der Waals surface area contributed by atoms with Crippen LogP contribution in [-0.4, -0.2) is 20.3 Å². The summed E-state index contributed by atoms with van der Waals surface area (Å²) >= 11 is 9.47. The minimum Gasteiger partial charge on any atom is -0.493 e. The molecule has 0 spiro atoms. The van der Waals surface area contributed by atoms with Crippen molar-refractivity contribution >= 4 is 27.5 Å². The summed E-state index contributed by atoms with van der Waals surface area (Å²) in [7, 11) is 1.65. The van der Waals surface area contributed by atoms with Gasteiger partial charge in [-0.25, -0.2) is 0 Å². The van der Waals surface area contributed by atoms with E-state index < -0.39 is 0 Å². The van der Waals surface area contributed by atoms with Crippen LogP contribution in [0.4, 0.5) is 0 Å². The van der Waals surface area contributed by atoms with Crippen LogP contribution in [0.15, 0.2) is 40.9 Å². The first-order valence-electron chi connectivity index (χ1n) is 7.45. The molecule has 0 aliphatic rings. The van der Waals surface area contributed by atoms with E-state index in [1.807, 2.05) is 43.3 Å². The fraction of sp³-hybridized carbons (Fsp3) is 0.333. The summed E-state index contributed by atoms with van der Waals surface area (Å²) < 4.78 is 17.7. The number of halogens is 2. The van der Waals surface area contributed by atoms with Crippen molar-refractivity contribution in [2.24, 2.45) is 0 Å². The van der Waals surface area contributed by atoms with Crippen LogP contribution in [0.3, 0.4) is 0 Å². The molecule has 3 nitrogen and oxygen atoms in total. The standard InChI is InChI=1S/C18H20BrClO3/c1-13-5-7-17(18(11-13)21-2)23-10-4-3-9-22-16-8-6-14(19)12-15(16)20/h5-8,11-12H,3-4,9-10H2,1-2H3. The summed E-state index contributed by atoms with van der Waals surface area (Å²) in [5.74, 6) is 2.24. The van der Waals surface area contributed by atoms with Gasteiger partial charge in [-0.05, 0) is 55.7 Å². The van der Waals surface area contributed by atoms with Crippen molar-refractivity contribution in [1.29, 1.82) is 0 Å². The highest BCUT2D eigenvalue weighted by Crippen LogP contribution is 2.29. The Balaban J connectivity index is 1.70. The quantitative estimate of drug-likeness (QED) is 0.536. The molecule has 124 valence electrons. The molecule has 5 heteroatoms. The van der Waals surface area contributed by atoms with Crippen LogP contribution in [-0.2, 0) is 0 Å². The summed E-state index contributed by atoms with van der Waals surface area (Å²) in [6.45, 7) is 3.25. The molecule has 0 radical (unpaired) electrons. The maximum Gasteiger partial charge on any atom is 0.161 e. The van der Waals surface area contributed by atoms with Crippen molar-refractivity contribution in [2.45, 2.75) is 19.8 Å². The third-order valence-corrected chi connectivity index (χ3v) is 4.06. The lowest BCUT2D eigenvalue weighted by molar-refractivity contribution is 0.258. The summed E-state index contributed by atoms with van der Waals surface area (Å²) in [6.07, 6.45) is 1.78. The Bertz CT molecular complexity index is 646. The van der Waals surface area contributed by atoms with Crippen LogP contribution in [0.5, 0.6) is 17.2 Å². The van der Waals surface area contributed by atoms with Crippen LogP contribution in [0.25, 0.3) is 0 Å². The van der Waals surface area contributed by atoms with Crippen LogP contribution in [0, 0.1) is 6.92 Å². The number of benzene rings is 2. The molecule has 2 rings (SSSR count). The topological polar surface area (TPSA) is 27.7 Å². The molecule has 0 saturated heterocycles. The van der Waals surface area contributed by atoms with E-state index in [2.05, 4.69) is 15.9 Å². The molecular weight excluding hydrogens is 380 g/mol. The van der Waals surface area contributed by atoms with E-state index in [1.54, 1.807) is 7.11 Å². The molecule has 0 fully saturated rings. The SMILES string of the molecule is COc1cc(C)ccc1OCCCCOc1ccc(Br)cc1Cl. The molecular formula is C18H20BrClO3. The Morgan fingerprint density at radius 1 is 0.913 bits per heavy atom. The highest BCUT2D eigenvalue weighted by atomic mass is 79.9. The van der Waals surface area contributed by atoms with Gasteiger partial charge in [-0.1, -0.05) is 33.6 Å². The van der Waals surface area contributed by atoms with Crippen molar-refractivity contribution in [3.05, 3.63) is 51.5 Å². The second-order valence-corrected chi connectivity index (χ2v) is 6.46. The molecule has 0 N–H and O–H groups in total. The molecule has 0 amide bonds. The van der Waals surface area contributed by atoms with Gasteiger partial charge in [0.1, 0.15) is 5.75 Å². The van der Waals surface area contributed by atoms with Crippen LogP contribution in [0.1, 0.15) is 18.4 Å². The van der Waals surface area contributed by atoms with Crippen molar-refractivity contribution in [3.63, 3.8) is 0 Å². The lowest BCUT2D eigenvalue weighted by Crippen LogP contribution is -2.03. The number of hydrogen-bond acceptors (Lipinski definition) is 3. The van der Waals surface area contributed by atoms with Gasteiger partial charge in [-0.15, -0.1) is 0 Å². The molecule has 23 heavy (non-hydrogen) atoms. The smallest absolute Gasteiger partial charge is 0.161 e. The number of ether oxygens (including phenoxy) is 3. The highest BCUT2D eigenvalue weighted by molar-refractivity contribution is 9.10. The summed E-state index contributed by atoms with van der Waals surface area (Å²) in [5, 5.41) is 0.611. The molecule has 0 aliphatic heterocycles. The molecule has 0 atom stereocenters. The second-order valence-electron chi connectivity index (χ2n) is 5.13. The van der Waals surface area contributed by atoms with Crippen molar-refractivity contribution in [1.82, 2.24) is 0 Å². The Labute approximate surface area is 150 Å². The average Bonchev–Trinajstić information content (AvgIpc) is 2.53. The number of hydrogen-bond donors (Lipinski definition) is 0. The number of methoxy groups -OCH3 is 1. The lowest BCUT2D eigenvalue weighted by Gasteiger charge is -2.12. The van der Waals surface area contributed by atoms with Gasteiger partial charge in [0.2, 0.25) is 0 Å². The molecule has 0 saturated carbocycles. The Kier molecular flexibility index (Phi) is 7.06. The predicted molar refractivity (Wildman–Crippen MR) is 97.1 cm³/mol. The predicted octanol–water partition coefficient (Wildman–Crippen LogP) is 5.66. The van der Waals surface area contributed by atoms with Crippen molar-refractivity contribution < 1.29 is 14.2 Å². The van der Waals surface area contributed by atoms with Gasteiger partial charge in [0.25, 0.3) is 0 Å². The Hall–Kier alpha value is -1.39. The highest BCUT2D eigenvalue weighted by Gasteiger charge is 2.05. The monoisotopic (exact) mass is 398 g/mol. The molecule has 0 bridgehead atoms. The van der Waals surface area contributed by atoms with E-state index in [1.165, 1.54) is 0 Å². The first-order valence-corrected chi connectivity index (χ1v) is 8.62. The largest absolute Gasteiger partial charge is 0.493 e. The zero-order valence-electron chi connectivity index (χ0n) is 13.3. The van der Waals surface area contributed by atoms with Crippen LogP contribution < -0.4 is 14.2 Å². The first-order chi connectivity index (χ1) is 11.1. The minimum atomic E-state index is 0.607. The van der Waals surface area contributed by atoms with Gasteiger partial charge in [0, 0.05) is 4.47 Å². The van der Waals surface area contributed by atoms with Gasteiger partial charge >= 0.3 is 0 Å². The van der Waals surface area contributed by atoms with Gasteiger partial charge < -0.3 is 14.2 Å². The van der Waals surface area contributed by atoms with Crippen molar-refractivity contribution in [2.75, 3.05) is 20.3 Å². The van der Waals surface area contributed by atoms with E-state index in [0.29, 0.717) is 24.0 Å². The maximum atomic E-state index is 6.10. The summed E-state index contributed by atoms with van der Waals surface area (Å²) in [5.41, 5.74) is 1.15. The zero-order chi connectivity index (χ0) is 16.7. The van der Waals surface area contributed by atoms with E-state index in [0.717, 1.165) is 34.4 Å². The zero-order valence-corrected chi connectivity index (χ0v) is 15.6. The molecule has 0 aromatic heterocycles.